The van der Waals surface area contributed by atoms with E-state index < -0.39 is 0 Å². The van der Waals surface area contributed by atoms with Crippen molar-refractivity contribution in [3.05, 3.63) is 57.2 Å². The van der Waals surface area contributed by atoms with Gasteiger partial charge in [-0.1, -0.05) is 30.8 Å². The molecule has 1 amide bonds. The van der Waals surface area contributed by atoms with E-state index in [9.17, 15) is 15.2 Å². The summed E-state index contributed by atoms with van der Waals surface area (Å²) in [6.07, 6.45) is 5.46. The van der Waals surface area contributed by atoms with Crippen molar-refractivity contribution in [1.29, 1.82) is 5.26 Å². The van der Waals surface area contributed by atoms with Crippen LogP contribution in [0.1, 0.15) is 59.1 Å². The third kappa shape index (κ3) is 4.84. The van der Waals surface area contributed by atoms with Gasteiger partial charge in [0, 0.05) is 17.0 Å². The number of nitriles is 1. The van der Waals surface area contributed by atoms with E-state index >= 15 is 0 Å². The summed E-state index contributed by atoms with van der Waals surface area (Å²) in [4.78, 5) is 22.3. The summed E-state index contributed by atoms with van der Waals surface area (Å²) in [6, 6.07) is 9.41. The van der Waals surface area contributed by atoms with E-state index in [1.54, 1.807) is 23.5 Å². The molecule has 1 aromatic carbocycles. The first-order chi connectivity index (χ1) is 15.5. The topological polar surface area (TPSA) is 102 Å². The summed E-state index contributed by atoms with van der Waals surface area (Å²) in [5.74, 6) is 0.147. The van der Waals surface area contributed by atoms with Gasteiger partial charge in [0.2, 0.25) is 5.91 Å². The van der Waals surface area contributed by atoms with Crippen LogP contribution in [0.5, 0.6) is 5.75 Å². The molecule has 32 heavy (non-hydrogen) atoms. The van der Waals surface area contributed by atoms with Crippen molar-refractivity contribution in [2.45, 2.75) is 62.8 Å². The number of anilines is 1. The molecule has 3 N–H and O–H groups in total. The third-order valence-electron chi connectivity index (χ3n) is 5.71. The standard InChI is InChI=1S/C24H26N4O2S2/c1-3-20(22(30)28-23-18(13-25)17-6-4-5-7-21(17)31-23)32-24-26-14(2)19(27-24)12-15-8-10-16(29)11-9-15/h8-11,20,29H,3-7,12H2,1-2H3,(H,26,27)(H,28,30). The SMILES string of the molecule is CCC(Sc1nc(Cc2ccc(O)cc2)c(C)[nH]1)C(=O)Nc1sc2c(c1C#N)CCCC2. The molecule has 0 saturated carbocycles. The van der Waals surface area contributed by atoms with Gasteiger partial charge in [0.05, 0.1) is 16.5 Å². The Hall–Kier alpha value is -2.76. The Morgan fingerprint density at radius 3 is 2.81 bits per heavy atom. The number of aryl methyl sites for hydroxylation is 2. The summed E-state index contributed by atoms with van der Waals surface area (Å²) in [7, 11) is 0. The molecule has 0 spiro atoms. The number of hydrogen-bond donors (Lipinski definition) is 3. The molecular formula is C24H26N4O2S2. The minimum absolute atomic E-state index is 0.0956. The van der Waals surface area contributed by atoms with E-state index in [1.165, 1.54) is 16.6 Å². The van der Waals surface area contributed by atoms with Gasteiger partial charge in [-0.15, -0.1) is 11.3 Å². The Balaban J connectivity index is 1.46. The van der Waals surface area contributed by atoms with Crippen LogP contribution in [0.25, 0.3) is 0 Å². The second-order valence-corrected chi connectivity index (χ2v) is 10.3. The first-order valence-corrected chi connectivity index (χ1v) is 12.5. The predicted octanol–water partition coefficient (Wildman–Crippen LogP) is 5.34. The number of aromatic amines is 1. The van der Waals surface area contributed by atoms with Gasteiger partial charge >= 0.3 is 0 Å². The number of benzene rings is 1. The van der Waals surface area contributed by atoms with Crippen LogP contribution in [0.4, 0.5) is 5.00 Å². The number of imidazole rings is 1. The highest BCUT2D eigenvalue weighted by Gasteiger charge is 2.25. The van der Waals surface area contributed by atoms with E-state index in [1.807, 2.05) is 26.0 Å². The van der Waals surface area contributed by atoms with Crippen molar-refractivity contribution in [2.75, 3.05) is 5.32 Å². The van der Waals surface area contributed by atoms with Crippen LogP contribution in [0, 0.1) is 18.3 Å². The number of carbonyl (C=O) groups is 1. The van der Waals surface area contributed by atoms with Crippen LogP contribution in [-0.2, 0) is 24.1 Å². The zero-order valence-corrected chi connectivity index (χ0v) is 19.8. The molecule has 0 fully saturated rings. The molecule has 8 heteroatoms. The molecule has 0 radical (unpaired) electrons. The van der Waals surface area contributed by atoms with Crippen LogP contribution >= 0.6 is 23.1 Å². The number of phenolic OH excluding ortho intramolecular Hbond substituents is 1. The van der Waals surface area contributed by atoms with E-state index in [0.717, 1.165) is 48.2 Å². The maximum absolute atomic E-state index is 13.0. The van der Waals surface area contributed by atoms with E-state index in [-0.39, 0.29) is 16.9 Å². The van der Waals surface area contributed by atoms with Gasteiger partial charge in [-0.2, -0.15) is 5.26 Å². The molecule has 1 unspecified atom stereocenters. The number of nitrogens with one attached hydrogen (secondary N) is 2. The fourth-order valence-electron chi connectivity index (χ4n) is 3.92. The number of thioether (sulfide) groups is 1. The number of thiophene rings is 1. The number of aromatic hydroxyl groups is 1. The lowest BCUT2D eigenvalue weighted by Crippen LogP contribution is -2.24. The molecule has 2 aromatic heterocycles. The Kier molecular flexibility index (Phi) is 6.87. The maximum atomic E-state index is 13.0. The van der Waals surface area contributed by atoms with Gasteiger partial charge in [0.15, 0.2) is 5.16 Å². The smallest absolute Gasteiger partial charge is 0.238 e. The molecular weight excluding hydrogens is 440 g/mol. The van der Waals surface area contributed by atoms with Crippen molar-refractivity contribution >= 4 is 34.0 Å². The zero-order valence-electron chi connectivity index (χ0n) is 18.2. The Morgan fingerprint density at radius 1 is 1.34 bits per heavy atom. The number of aromatic nitrogens is 2. The van der Waals surface area contributed by atoms with Crippen LogP contribution < -0.4 is 5.32 Å². The molecule has 1 atom stereocenters. The molecule has 0 saturated heterocycles. The Labute approximate surface area is 196 Å². The minimum Gasteiger partial charge on any atom is -0.508 e. The van der Waals surface area contributed by atoms with Crippen molar-refractivity contribution in [3.63, 3.8) is 0 Å². The first kappa shape index (κ1) is 22.4. The fourth-order valence-corrected chi connectivity index (χ4v) is 6.14. The van der Waals surface area contributed by atoms with Crippen molar-refractivity contribution in [2.24, 2.45) is 0 Å². The normalized spacial score (nSPS) is 13.9. The maximum Gasteiger partial charge on any atom is 0.238 e. The lowest BCUT2D eigenvalue weighted by atomic mass is 9.96. The quantitative estimate of drug-likeness (QED) is 0.408. The van der Waals surface area contributed by atoms with E-state index in [0.29, 0.717) is 28.6 Å². The van der Waals surface area contributed by atoms with Gasteiger partial charge < -0.3 is 15.4 Å². The van der Waals surface area contributed by atoms with Crippen LogP contribution in [0.2, 0.25) is 0 Å². The molecule has 0 aliphatic heterocycles. The highest BCUT2D eigenvalue weighted by molar-refractivity contribution is 8.00. The van der Waals surface area contributed by atoms with Crippen LogP contribution in [-0.4, -0.2) is 26.2 Å². The van der Waals surface area contributed by atoms with E-state index in [4.69, 9.17) is 4.98 Å². The van der Waals surface area contributed by atoms with Crippen molar-refractivity contribution in [3.8, 4) is 11.8 Å². The average molecular weight is 467 g/mol. The van der Waals surface area contributed by atoms with Crippen LogP contribution in [0.3, 0.4) is 0 Å². The largest absolute Gasteiger partial charge is 0.508 e. The van der Waals surface area contributed by atoms with Crippen molar-refractivity contribution < 1.29 is 9.90 Å². The molecule has 166 valence electrons. The summed E-state index contributed by atoms with van der Waals surface area (Å²) in [5, 5.41) is 23.2. The number of nitrogens with zero attached hydrogens (tertiary/aromatic N) is 2. The van der Waals surface area contributed by atoms with Crippen LogP contribution in [0.15, 0.2) is 29.4 Å². The number of rotatable bonds is 7. The highest BCUT2D eigenvalue weighted by Crippen LogP contribution is 2.38. The second kappa shape index (κ2) is 9.80. The monoisotopic (exact) mass is 466 g/mol. The molecule has 4 rings (SSSR count). The summed E-state index contributed by atoms with van der Waals surface area (Å²) < 4.78 is 0. The number of hydrogen-bond acceptors (Lipinski definition) is 6. The molecule has 3 aromatic rings. The third-order valence-corrected chi connectivity index (χ3v) is 8.16. The first-order valence-electron chi connectivity index (χ1n) is 10.8. The Bertz CT molecular complexity index is 1160. The van der Waals surface area contributed by atoms with Gasteiger partial charge in [0.25, 0.3) is 0 Å². The summed E-state index contributed by atoms with van der Waals surface area (Å²) in [5.41, 5.74) is 4.72. The van der Waals surface area contributed by atoms with Gasteiger partial charge in [-0.3, -0.25) is 4.79 Å². The number of carbonyl (C=O) groups excluding carboxylic acids is 1. The molecule has 1 aliphatic carbocycles. The second-order valence-electron chi connectivity index (χ2n) is 7.99. The zero-order chi connectivity index (χ0) is 22.7. The van der Waals surface area contributed by atoms with Gasteiger partial charge in [0.1, 0.15) is 16.8 Å². The van der Waals surface area contributed by atoms with Gasteiger partial charge in [-0.05, 0) is 62.3 Å². The van der Waals surface area contributed by atoms with Crippen molar-refractivity contribution in [1.82, 2.24) is 9.97 Å². The molecule has 2 heterocycles. The molecule has 1 aliphatic rings. The molecule has 6 nitrogen and oxygen atoms in total. The lowest BCUT2D eigenvalue weighted by Gasteiger charge is -2.12. The predicted molar refractivity (Wildman–Crippen MR) is 128 cm³/mol. The number of phenols is 1. The fraction of sp³-hybridized carbons (Fsp3) is 0.375. The summed E-state index contributed by atoms with van der Waals surface area (Å²) in [6.45, 7) is 3.96. The highest BCUT2D eigenvalue weighted by atomic mass is 32.2. The Morgan fingerprint density at radius 2 is 2.09 bits per heavy atom. The van der Waals surface area contributed by atoms with E-state index in [2.05, 4.69) is 16.4 Å². The van der Waals surface area contributed by atoms with Gasteiger partial charge in [-0.25, -0.2) is 4.98 Å². The number of H-pyrrole nitrogens is 1. The summed E-state index contributed by atoms with van der Waals surface area (Å²) >= 11 is 2.97. The average Bonchev–Trinajstić information content (AvgIpc) is 3.32. The lowest BCUT2D eigenvalue weighted by molar-refractivity contribution is -0.115. The molecule has 0 bridgehead atoms. The number of amides is 1. The minimum atomic E-state index is -0.312. The number of fused-ring (bicyclic) bond motifs is 1.